The van der Waals surface area contributed by atoms with Crippen LogP contribution in [0.3, 0.4) is 0 Å². The van der Waals surface area contributed by atoms with Crippen LogP contribution in [0, 0.1) is 0 Å². The first-order chi connectivity index (χ1) is 13.8. The van der Waals surface area contributed by atoms with E-state index >= 15 is 0 Å². The van der Waals surface area contributed by atoms with Crippen LogP contribution in [0.25, 0.3) is 17.1 Å². The number of hydrogen-bond donors (Lipinski definition) is 0. The number of carbonyl (C=O) groups excluding carboxylic acids is 1. The fourth-order valence-corrected chi connectivity index (χ4v) is 4.32. The highest BCUT2D eigenvalue weighted by Crippen LogP contribution is 2.29. The summed E-state index contributed by atoms with van der Waals surface area (Å²) in [5.74, 6) is 1.29. The Balaban J connectivity index is 1.70. The summed E-state index contributed by atoms with van der Waals surface area (Å²) < 4.78 is 2.05. The van der Waals surface area contributed by atoms with Gasteiger partial charge in [0.2, 0.25) is 5.91 Å². The van der Waals surface area contributed by atoms with Crippen LogP contribution in [-0.4, -0.2) is 49.4 Å². The molecule has 0 aliphatic carbocycles. The Morgan fingerprint density at radius 3 is 2.68 bits per heavy atom. The minimum atomic E-state index is 0.170. The molecule has 0 unspecified atom stereocenters. The van der Waals surface area contributed by atoms with Gasteiger partial charge in [-0.1, -0.05) is 36.9 Å². The second-order valence-electron chi connectivity index (χ2n) is 6.74. The van der Waals surface area contributed by atoms with Crippen LogP contribution < -0.4 is 0 Å². The summed E-state index contributed by atoms with van der Waals surface area (Å²) in [4.78, 5) is 18.7. The number of para-hydroxylation sites is 1. The predicted octanol–water partition coefficient (Wildman–Crippen LogP) is 3.61. The number of hydrogen-bond acceptors (Lipinski definition) is 5. The van der Waals surface area contributed by atoms with Crippen molar-refractivity contribution in [3.8, 4) is 17.1 Å². The Hall–Kier alpha value is -2.67. The van der Waals surface area contributed by atoms with Crippen LogP contribution in [0.1, 0.15) is 25.3 Å². The van der Waals surface area contributed by atoms with Gasteiger partial charge in [-0.2, -0.15) is 0 Å². The van der Waals surface area contributed by atoms with Crippen molar-refractivity contribution in [2.45, 2.75) is 31.3 Å². The maximum Gasteiger partial charge on any atom is 0.233 e. The van der Waals surface area contributed by atoms with E-state index in [2.05, 4.69) is 38.8 Å². The third-order valence-electron chi connectivity index (χ3n) is 4.95. The standard InChI is InChI=1S/C21H23N5OS/c1-2-16-8-3-4-10-18(16)26-20(17-9-7-11-22-14-17)23-24-21(26)28-15-19(27)25-12-5-6-13-25/h3-4,7-11,14H,2,5-6,12-13,15H2,1H3. The minimum absolute atomic E-state index is 0.170. The van der Waals surface area contributed by atoms with Crippen LogP contribution in [0.2, 0.25) is 0 Å². The summed E-state index contributed by atoms with van der Waals surface area (Å²) in [6.07, 6.45) is 6.63. The molecule has 0 radical (unpaired) electrons. The first-order valence-corrected chi connectivity index (χ1v) is 10.6. The first kappa shape index (κ1) is 18.7. The Labute approximate surface area is 169 Å². The average Bonchev–Trinajstić information content (AvgIpc) is 3.43. The van der Waals surface area contributed by atoms with Crippen molar-refractivity contribution in [1.29, 1.82) is 0 Å². The van der Waals surface area contributed by atoms with Crippen molar-refractivity contribution < 1.29 is 4.79 Å². The third kappa shape index (κ3) is 3.80. The predicted molar refractivity (Wildman–Crippen MR) is 111 cm³/mol. The number of aryl methyl sites for hydroxylation is 1. The van der Waals surface area contributed by atoms with Gasteiger partial charge in [0.15, 0.2) is 11.0 Å². The van der Waals surface area contributed by atoms with Gasteiger partial charge < -0.3 is 4.90 Å². The van der Waals surface area contributed by atoms with E-state index in [9.17, 15) is 4.79 Å². The summed E-state index contributed by atoms with van der Waals surface area (Å²) in [5.41, 5.74) is 3.16. The molecular formula is C21H23N5OS. The Morgan fingerprint density at radius 1 is 1.11 bits per heavy atom. The van der Waals surface area contributed by atoms with Gasteiger partial charge in [0.05, 0.1) is 11.4 Å². The van der Waals surface area contributed by atoms with Gasteiger partial charge in [0.25, 0.3) is 0 Å². The molecule has 0 saturated carbocycles. The number of amides is 1. The lowest BCUT2D eigenvalue weighted by molar-refractivity contribution is -0.127. The molecule has 3 aromatic rings. The normalized spacial score (nSPS) is 13.8. The van der Waals surface area contributed by atoms with Gasteiger partial charge >= 0.3 is 0 Å². The zero-order valence-corrected chi connectivity index (χ0v) is 16.7. The molecule has 6 nitrogen and oxygen atoms in total. The van der Waals surface area contributed by atoms with Crippen LogP contribution in [0.4, 0.5) is 0 Å². The SMILES string of the molecule is CCc1ccccc1-n1c(SCC(=O)N2CCCC2)nnc1-c1cccnc1. The molecule has 144 valence electrons. The van der Waals surface area contributed by atoms with Crippen molar-refractivity contribution in [3.05, 3.63) is 54.4 Å². The molecule has 4 rings (SSSR count). The summed E-state index contributed by atoms with van der Waals surface area (Å²) >= 11 is 1.45. The summed E-state index contributed by atoms with van der Waals surface area (Å²) in [5, 5.41) is 9.59. The van der Waals surface area contributed by atoms with Crippen LogP contribution >= 0.6 is 11.8 Å². The molecule has 7 heteroatoms. The summed E-state index contributed by atoms with van der Waals surface area (Å²) in [6.45, 7) is 3.87. The van der Waals surface area contributed by atoms with Crippen LogP contribution in [0.15, 0.2) is 53.9 Å². The molecule has 0 bridgehead atoms. The topological polar surface area (TPSA) is 63.9 Å². The number of likely N-dealkylation sites (tertiary alicyclic amines) is 1. The lowest BCUT2D eigenvalue weighted by Crippen LogP contribution is -2.29. The number of rotatable bonds is 6. The van der Waals surface area contributed by atoms with Crippen LogP contribution in [0.5, 0.6) is 0 Å². The molecule has 1 amide bonds. The number of thioether (sulfide) groups is 1. The molecule has 1 saturated heterocycles. The Kier molecular flexibility index (Phi) is 5.71. The highest BCUT2D eigenvalue weighted by atomic mass is 32.2. The highest BCUT2D eigenvalue weighted by Gasteiger charge is 2.22. The summed E-state index contributed by atoms with van der Waals surface area (Å²) in [7, 11) is 0. The van der Waals surface area contributed by atoms with Gasteiger partial charge in [0.1, 0.15) is 0 Å². The van der Waals surface area contributed by atoms with E-state index < -0.39 is 0 Å². The molecule has 28 heavy (non-hydrogen) atoms. The molecule has 1 aliphatic rings. The van der Waals surface area contributed by atoms with Gasteiger partial charge in [0, 0.05) is 31.0 Å². The zero-order chi connectivity index (χ0) is 19.3. The maximum absolute atomic E-state index is 12.5. The zero-order valence-electron chi connectivity index (χ0n) is 15.9. The average molecular weight is 394 g/mol. The number of carbonyl (C=O) groups is 1. The lowest BCUT2D eigenvalue weighted by atomic mass is 10.1. The van der Waals surface area contributed by atoms with E-state index in [1.54, 1.807) is 12.4 Å². The van der Waals surface area contributed by atoms with Gasteiger partial charge in [-0.3, -0.25) is 14.3 Å². The van der Waals surface area contributed by atoms with Gasteiger partial charge in [-0.05, 0) is 43.0 Å². The van der Waals surface area contributed by atoms with E-state index in [1.165, 1.54) is 17.3 Å². The van der Waals surface area contributed by atoms with E-state index in [-0.39, 0.29) is 5.91 Å². The smallest absolute Gasteiger partial charge is 0.233 e. The lowest BCUT2D eigenvalue weighted by Gasteiger charge is -2.16. The second-order valence-corrected chi connectivity index (χ2v) is 7.68. The van der Waals surface area contributed by atoms with E-state index in [4.69, 9.17) is 0 Å². The largest absolute Gasteiger partial charge is 0.342 e. The third-order valence-corrected chi connectivity index (χ3v) is 5.86. The van der Waals surface area contributed by atoms with E-state index in [0.29, 0.717) is 5.75 Å². The Morgan fingerprint density at radius 2 is 1.93 bits per heavy atom. The molecule has 0 N–H and O–H groups in total. The minimum Gasteiger partial charge on any atom is -0.342 e. The highest BCUT2D eigenvalue weighted by molar-refractivity contribution is 7.99. The fourth-order valence-electron chi connectivity index (χ4n) is 3.47. The second kappa shape index (κ2) is 8.56. The van der Waals surface area contributed by atoms with Crippen molar-refractivity contribution in [2.24, 2.45) is 0 Å². The molecule has 3 heterocycles. The van der Waals surface area contributed by atoms with E-state index in [1.807, 2.05) is 29.2 Å². The number of aromatic nitrogens is 4. The van der Waals surface area contributed by atoms with Crippen molar-refractivity contribution in [3.63, 3.8) is 0 Å². The molecule has 1 aromatic carbocycles. The molecule has 1 fully saturated rings. The van der Waals surface area contributed by atoms with Gasteiger partial charge in [-0.15, -0.1) is 10.2 Å². The summed E-state index contributed by atoms with van der Waals surface area (Å²) in [6, 6.07) is 12.1. The number of nitrogens with zero attached hydrogens (tertiary/aromatic N) is 5. The van der Waals surface area contributed by atoms with Gasteiger partial charge in [-0.25, -0.2) is 0 Å². The van der Waals surface area contributed by atoms with Crippen molar-refractivity contribution in [1.82, 2.24) is 24.6 Å². The molecular weight excluding hydrogens is 370 g/mol. The molecule has 2 aromatic heterocycles. The first-order valence-electron chi connectivity index (χ1n) is 9.62. The van der Waals surface area contributed by atoms with E-state index in [0.717, 1.165) is 54.6 Å². The molecule has 0 atom stereocenters. The fraction of sp³-hybridized carbons (Fsp3) is 0.333. The Bertz CT molecular complexity index is 950. The number of pyridine rings is 1. The van der Waals surface area contributed by atoms with Crippen LogP contribution in [-0.2, 0) is 11.2 Å². The quantitative estimate of drug-likeness (QED) is 0.599. The maximum atomic E-state index is 12.5. The molecule has 0 spiro atoms. The number of benzene rings is 1. The molecule has 1 aliphatic heterocycles. The monoisotopic (exact) mass is 393 g/mol. The van der Waals surface area contributed by atoms with Crippen molar-refractivity contribution >= 4 is 17.7 Å². The van der Waals surface area contributed by atoms with Crippen molar-refractivity contribution in [2.75, 3.05) is 18.8 Å².